The predicted octanol–water partition coefficient (Wildman–Crippen LogP) is 5.55. The smallest absolute Gasteiger partial charge is 0.229 e. The van der Waals surface area contributed by atoms with Crippen molar-refractivity contribution in [1.82, 2.24) is 9.97 Å². The standard InChI is InChI=1S/C20H21ClN4O/c1-12-5-7-15(8-6-12)23-19-10-14(3)22-20(25-19)24-17-9-13(2)16(21)11-18(17)26-4/h5-11H,1-4H3,(H2,22,23,24,25). The number of aryl methyl sites for hydroxylation is 3. The topological polar surface area (TPSA) is 59.1 Å². The van der Waals surface area contributed by atoms with Crippen molar-refractivity contribution in [3.8, 4) is 5.75 Å². The van der Waals surface area contributed by atoms with E-state index in [9.17, 15) is 0 Å². The SMILES string of the molecule is COc1cc(Cl)c(C)cc1Nc1nc(C)cc(Nc2ccc(C)cc2)n1. The van der Waals surface area contributed by atoms with Crippen LogP contribution in [0.4, 0.5) is 23.1 Å². The Balaban J connectivity index is 1.88. The number of hydrogen-bond donors (Lipinski definition) is 2. The van der Waals surface area contributed by atoms with Crippen LogP contribution in [-0.2, 0) is 0 Å². The van der Waals surface area contributed by atoms with Gasteiger partial charge in [0.25, 0.3) is 0 Å². The Morgan fingerprint density at radius 1 is 0.923 bits per heavy atom. The molecule has 134 valence electrons. The summed E-state index contributed by atoms with van der Waals surface area (Å²) in [5.74, 6) is 1.84. The molecule has 3 rings (SSSR count). The van der Waals surface area contributed by atoms with Crippen molar-refractivity contribution in [3.05, 3.63) is 64.3 Å². The molecule has 0 saturated heterocycles. The van der Waals surface area contributed by atoms with E-state index in [2.05, 4.69) is 39.7 Å². The molecule has 0 radical (unpaired) electrons. The lowest BCUT2D eigenvalue weighted by Crippen LogP contribution is -2.03. The third-order valence-corrected chi connectivity index (χ3v) is 4.31. The zero-order valence-electron chi connectivity index (χ0n) is 15.2. The van der Waals surface area contributed by atoms with Crippen LogP contribution >= 0.6 is 11.6 Å². The second kappa shape index (κ2) is 7.62. The first-order chi connectivity index (χ1) is 12.4. The lowest BCUT2D eigenvalue weighted by Gasteiger charge is -2.14. The number of hydrogen-bond acceptors (Lipinski definition) is 5. The van der Waals surface area contributed by atoms with Crippen molar-refractivity contribution in [2.45, 2.75) is 20.8 Å². The zero-order valence-corrected chi connectivity index (χ0v) is 16.0. The average Bonchev–Trinajstić information content (AvgIpc) is 2.59. The van der Waals surface area contributed by atoms with E-state index in [0.717, 1.165) is 22.6 Å². The summed E-state index contributed by atoms with van der Waals surface area (Å²) >= 11 is 6.17. The minimum Gasteiger partial charge on any atom is -0.495 e. The molecule has 0 unspecified atom stereocenters. The first kappa shape index (κ1) is 18.0. The van der Waals surface area contributed by atoms with Crippen molar-refractivity contribution in [2.24, 2.45) is 0 Å². The number of nitrogens with zero attached hydrogens (tertiary/aromatic N) is 2. The maximum absolute atomic E-state index is 6.17. The first-order valence-corrected chi connectivity index (χ1v) is 8.63. The monoisotopic (exact) mass is 368 g/mol. The van der Waals surface area contributed by atoms with Gasteiger partial charge in [-0.15, -0.1) is 0 Å². The van der Waals surface area contributed by atoms with Crippen LogP contribution in [-0.4, -0.2) is 17.1 Å². The van der Waals surface area contributed by atoms with Crippen LogP contribution in [0.1, 0.15) is 16.8 Å². The van der Waals surface area contributed by atoms with Crippen LogP contribution in [0.5, 0.6) is 5.75 Å². The maximum Gasteiger partial charge on any atom is 0.229 e. The normalized spacial score (nSPS) is 10.5. The van der Waals surface area contributed by atoms with Crippen LogP contribution in [0.3, 0.4) is 0 Å². The molecule has 1 heterocycles. The van der Waals surface area contributed by atoms with Gasteiger partial charge in [-0.2, -0.15) is 4.98 Å². The Bertz CT molecular complexity index is 926. The van der Waals surface area contributed by atoms with Gasteiger partial charge in [-0.05, 0) is 44.5 Å². The largest absolute Gasteiger partial charge is 0.495 e. The predicted molar refractivity (Wildman–Crippen MR) is 107 cm³/mol. The molecule has 1 aromatic heterocycles. The fraction of sp³-hybridized carbons (Fsp3) is 0.200. The van der Waals surface area contributed by atoms with Gasteiger partial charge in [-0.1, -0.05) is 29.3 Å². The van der Waals surface area contributed by atoms with E-state index in [0.29, 0.717) is 22.5 Å². The van der Waals surface area contributed by atoms with Crippen molar-refractivity contribution >= 4 is 34.7 Å². The average molecular weight is 369 g/mol. The van der Waals surface area contributed by atoms with Gasteiger partial charge in [0.05, 0.1) is 12.8 Å². The van der Waals surface area contributed by atoms with E-state index >= 15 is 0 Å². The molecule has 26 heavy (non-hydrogen) atoms. The van der Waals surface area contributed by atoms with Gasteiger partial charge < -0.3 is 15.4 Å². The molecule has 2 aromatic carbocycles. The number of anilines is 4. The molecule has 0 amide bonds. The third kappa shape index (κ3) is 4.24. The number of nitrogens with one attached hydrogen (secondary N) is 2. The highest BCUT2D eigenvalue weighted by molar-refractivity contribution is 6.31. The van der Waals surface area contributed by atoms with Gasteiger partial charge in [-0.3, -0.25) is 0 Å². The molecule has 3 aromatic rings. The first-order valence-electron chi connectivity index (χ1n) is 8.25. The van der Waals surface area contributed by atoms with Crippen molar-refractivity contribution in [1.29, 1.82) is 0 Å². The molecule has 0 fully saturated rings. The molecule has 0 spiro atoms. The summed E-state index contributed by atoms with van der Waals surface area (Å²) in [6.07, 6.45) is 0. The lowest BCUT2D eigenvalue weighted by molar-refractivity contribution is 0.416. The number of halogens is 1. The fourth-order valence-corrected chi connectivity index (χ4v) is 2.68. The molecule has 6 heteroatoms. The van der Waals surface area contributed by atoms with E-state index < -0.39 is 0 Å². The van der Waals surface area contributed by atoms with Gasteiger partial charge in [0.2, 0.25) is 5.95 Å². The summed E-state index contributed by atoms with van der Waals surface area (Å²) in [5.41, 5.74) is 4.74. The van der Waals surface area contributed by atoms with Crippen molar-refractivity contribution < 1.29 is 4.74 Å². The summed E-state index contributed by atoms with van der Waals surface area (Å²) in [4.78, 5) is 9.01. The van der Waals surface area contributed by atoms with Gasteiger partial charge in [-0.25, -0.2) is 4.98 Å². The highest BCUT2D eigenvalue weighted by Crippen LogP contribution is 2.32. The quantitative estimate of drug-likeness (QED) is 0.618. The molecule has 5 nitrogen and oxygen atoms in total. The molecule has 0 aliphatic heterocycles. The Morgan fingerprint density at radius 2 is 1.65 bits per heavy atom. The molecule has 0 aliphatic rings. The summed E-state index contributed by atoms with van der Waals surface area (Å²) in [6, 6.07) is 13.7. The molecular weight excluding hydrogens is 348 g/mol. The number of ether oxygens (including phenoxy) is 1. The fourth-order valence-electron chi connectivity index (χ4n) is 2.52. The van der Waals surface area contributed by atoms with Crippen molar-refractivity contribution in [2.75, 3.05) is 17.7 Å². The van der Waals surface area contributed by atoms with E-state index in [-0.39, 0.29) is 0 Å². The van der Waals surface area contributed by atoms with E-state index in [1.54, 1.807) is 13.2 Å². The molecular formula is C20H21ClN4O. The van der Waals surface area contributed by atoms with E-state index in [1.807, 2.05) is 38.1 Å². The highest BCUT2D eigenvalue weighted by Gasteiger charge is 2.10. The number of methoxy groups -OCH3 is 1. The summed E-state index contributed by atoms with van der Waals surface area (Å²) < 4.78 is 5.40. The van der Waals surface area contributed by atoms with Crippen LogP contribution in [0.2, 0.25) is 5.02 Å². The minimum absolute atomic E-state index is 0.486. The third-order valence-electron chi connectivity index (χ3n) is 3.91. The molecule has 0 saturated carbocycles. The minimum atomic E-state index is 0.486. The van der Waals surface area contributed by atoms with E-state index in [1.165, 1.54) is 5.56 Å². The Hall–Kier alpha value is -2.79. The van der Waals surface area contributed by atoms with Crippen LogP contribution < -0.4 is 15.4 Å². The number of aromatic nitrogens is 2. The van der Waals surface area contributed by atoms with E-state index in [4.69, 9.17) is 16.3 Å². The van der Waals surface area contributed by atoms with Crippen LogP contribution in [0, 0.1) is 20.8 Å². The Morgan fingerprint density at radius 3 is 2.35 bits per heavy atom. The number of rotatable bonds is 5. The molecule has 2 N–H and O–H groups in total. The number of benzene rings is 2. The van der Waals surface area contributed by atoms with Gasteiger partial charge in [0.15, 0.2) is 0 Å². The second-order valence-corrected chi connectivity index (χ2v) is 6.54. The Kier molecular flexibility index (Phi) is 5.28. The zero-order chi connectivity index (χ0) is 18.7. The maximum atomic E-state index is 6.17. The van der Waals surface area contributed by atoms with Crippen LogP contribution in [0.15, 0.2) is 42.5 Å². The summed E-state index contributed by atoms with van der Waals surface area (Å²) in [7, 11) is 1.60. The molecule has 0 aliphatic carbocycles. The van der Waals surface area contributed by atoms with Crippen LogP contribution in [0.25, 0.3) is 0 Å². The van der Waals surface area contributed by atoms with Gasteiger partial charge >= 0.3 is 0 Å². The van der Waals surface area contributed by atoms with Crippen molar-refractivity contribution in [3.63, 3.8) is 0 Å². The highest BCUT2D eigenvalue weighted by atomic mass is 35.5. The molecule has 0 bridgehead atoms. The lowest BCUT2D eigenvalue weighted by atomic mass is 10.2. The Labute approximate surface area is 158 Å². The molecule has 0 atom stereocenters. The summed E-state index contributed by atoms with van der Waals surface area (Å²) in [6.45, 7) is 5.92. The second-order valence-electron chi connectivity index (χ2n) is 6.14. The summed E-state index contributed by atoms with van der Waals surface area (Å²) in [5, 5.41) is 7.18. The van der Waals surface area contributed by atoms with Gasteiger partial charge in [0.1, 0.15) is 11.6 Å². The van der Waals surface area contributed by atoms with Gasteiger partial charge in [0, 0.05) is 28.5 Å².